The van der Waals surface area contributed by atoms with Crippen molar-refractivity contribution >= 4 is 31.6 Å². The molecule has 1 rings (SSSR count). The van der Waals surface area contributed by atoms with Gasteiger partial charge in [-0.15, -0.1) is 0 Å². The molecule has 1 unspecified atom stereocenters. The van der Waals surface area contributed by atoms with Crippen molar-refractivity contribution in [3.8, 4) is 5.75 Å². The van der Waals surface area contributed by atoms with E-state index in [0.717, 1.165) is 19.1 Å². The number of hydrogen-bond acceptors (Lipinski definition) is 4. The second-order valence-corrected chi connectivity index (χ2v) is 6.90. The number of rotatable bonds is 8. The molecule has 0 aliphatic carbocycles. The van der Waals surface area contributed by atoms with Crippen molar-refractivity contribution in [2.75, 3.05) is 22.9 Å². The minimum Gasteiger partial charge on any atom is -0.491 e. The molecule has 1 aromatic rings. The number of anilines is 1. The summed E-state index contributed by atoms with van der Waals surface area (Å²) in [5.41, 5.74) is 0.969. The molecule has 2 N–H and O–H groups in total. The SMILES string of the molecule is CCCCOc1ccc(C(O)CBr)cc1NS(C)(=O)=O. The number of halogens is 1. The van der Waals surface area contributed by atoms with Gasteiger partial charge in [-0.25, -0.2) is 8.42 Å². The average Bonchev–Trinajstić information content (AvgIpc) is 2.38. The van der Waals surface area contributed by atoms with Gasteiger partial charge in [0, 0.05) is 5.33 Å². The highest BCUT2D eigenvalue weighted by molar-refractivity contribution is 9.09. The van der Waals surface area contributed by atoms with E-state index in [1.165, 1.54) is 0 Å². The van der Waals surface area contributed by atoms with Gasteiger partial charge in [-0.05, 0) is 24.1 Å². The number of ether oxygens (including phenoxy) is 1. The minimum atomic E-state index is -3.40. The molecular weight excluding hydrogens is 346 g/mol. The van der Waals surface area contributed by atoms with Gasteiger partial charge in [-0.3, -0.25) is 4.72 Å². The fraction of sp³-hybridized carbons (Fsp3) is 0.538. The van der Waals surface area contributed by atoms with E-state index in [2.05, 4.69) is 27.6 Å². The number of aliphatic hydroxyl groups is 1. The number of alkyl halides is 1. The molecule has 0 aliphatic rings. The van der Waals surface area contributed by atoms with Crippen molar-refractivity contribution in [2.45, 2.75) is 25.9 Å². The molecule has 0 saturated heterocycles. The van der Waals surface area contributed by atoms with Gasteiger partial charge in [0.1, 0.15) is 5.75 Å². The molecule has 1 atom stereocenters. The number of sulfonamides is 1. The van der Waals surface area contributed by atoms with E-state index in [-0.39, 0.29) is 0 Å². The summed E-state index contributed by atoms with van der Waals surface area (Å²) in [7, 11) is -3.40. The van der Waals surface area contributed by atoms with Crippen molar-refractivity contribution in [2.24, 2.45) is 0 Å². The number of nitrogens with one attached hydrogen (secondary N) is 1. The van der Waals surface area contributed by atoms with Crippen LogP contribution in [0.3, 0.4) is 0 Å². The second kappa shape index (κ2) is 7.85. The van der Waals surface area contributed by atoms with E-state index in [4.69, 9.17) is 4.74 Å². The zero-order chi connectivity index (χ0) is 15.2. The van der Waals surface area contributed by atoms with E-state index in [0.29, 0.717) is 28.9 Å². The maximum Gasteiger partial charge on any atom is 0.229 e. The summed E-state index contributed by atoms with van der Waals surface area (Å²) in [6.45, 7) is 2.57. The number of hydrogen-bond donors (Lipinski definition) is 2. The lowest BCUT2D eigenvalue weighted by molar-refractivity contribution is 0.205. The molecule has 0 saturated carbocycles. The Hall–Kier alpha value is -0.790. The van der Waals surface area contributed by atoms with E-state index < -0.39 is 16.1 Å². The fourth-order valence-corrected chi connectivity index (χ4v) is 2.51. The van der Waals surface area contributed by atoms with Crippen molar-refractivity contribution in [3.05, 3.63) is 23.8 Å². The molecule has 0 aliphatic heterocycles. The molecule has 0 spiro atoms. The van der Waals surface area contributed by atoms with Crippen molar-refractivity contribution in [1.29, 1.82) is 0 Å². The van der Waals surface area contributed by atoms with Crippen LogP contribution in [0.5, 0.6) is 5.75 Å². The molecule has 0 heterocycles. The first-order valence-corrected chi connectivity index (χ1v) is 9.37. The first-order valence-electron chi connectivity index (χ1n) is 6.36. The van der Waals surface area contributed by atoms with Gasteiger partial charge < -0.3 is 9.84 Å². The van der Waals surface area contributed by atoms with Crippen LogP contribution in [0.4, 0.5) is 5.69 Å². The Bertz CT molecular complexity index is 533. The topological polar surface area (TPSA) is 75.6 Å². The molecule has 1 aromatic carbocycles. The third-order valence-corrected chi connectivity index (χ3v) is 3.79. The van der Waals surface area contributed by atoms with Crippen LogP contribution in [0.15, 0.2) is 18.2 Å². The Morgan fingerprint density at radius 3 is 2.70 bits per heavy atom. The van der Waals surface area contributed by atoms with Crippen LogP contribution in [0.1, 0.15) is 31.4 Å². The monoisotopic (exact) mass is 365 g/mol. The Balaban J connectivity index is 3.03. The van der Waals surface area contributed by atoms with Gasteiger partial charge in [-0.2, -0.15) is 0 Å². The Labute approximate surface area is 128 Å². The smallest absolute Gasteiger partial charge is 0.229 e. The zero-order valence-corrected chi connectivity index (χ0v) is 14.0. The molecule has 0 bridgehead atoms. The van der Waals surface area contributed by atoms with Crippen molar-refractivity contribution < 1.29 is 18.3 Å². The van der Waals surface area contributed by atoms with Crippen LogP contribution in [0.25, 0.3) is 0 Å². The summed E-state index contributed by atoms with van der Waals surface area (Å²) >= 11 is 3.19. The van der Waals surface area contributed by atoms with Gasteiger partial charge in [0.2, 0.25) is 10.0 Å². The molecular formula is C13H20BrNO4S. The normalized spacial score (nSPS) is 13.0. The Kier molecular flexibility index (Phi) is 6.78. The lowest BCUT2D eigenvalue weighted by atomic mass is 10.1. The molecule has 0 amide bonds. The highest BCUT2D eigenvalue weighted by Crippen LogP contribution is 2.29. The number of benzene rings is 1. The summed E-state index contributed by atoms with van der Waals surface area (Å²) in [6.07, 6.45) is 2.27. The highest BCUT2D eigenvalue weighted by atomic mass is 79.9. The van der Waals surface area contributed by atoms with E-state index in [1.54, 1.807) is 18.2 Å². The fourth-order valence-electron chi connectivity index (χ4n) is 1.58. The first kappa shape index (κ1) is 17.3. The number of aliphatic hydroxyl groups excluding tert-OH is 1. The molecule has 0 radical (unpaired) electrons. The third-order valence-electron chi connectivity index (χ3n) is 2.59. The highest BCUT2D eigenvalue weighted by Gasteiger charge is 2.13. The molecule has 5 nitrogen and oxygen atoms in total. The molecule has 0 aromatic heterocycles. The van der Waals surface area contributed by atoms with Crippen molar-refractivity contribution in [3.63, 3.8) is 0 Å². The zero-order valence-electron chi connectivity index (χ0n) is 11.6. The quantitative estimate of drug-likeness (QED) is 0.548. The molecule has 7 heteroatoms. The number of unbranched alkanes of at least 4 members (excludes halogenated alkanes) is 1. The van der Waals surface area contributed by atoms with Gasteiger partial charge >= 0.3 is 0 Å². The second-order valence-electron chi connectivity index (χ2n) is 4.50. The lowest BCUT2D eigenvalue weighted by Gasteiger charge is -2.15. The maximum atomic E-state index is 11.4. The van der Waals surface area contributed by atoms with Crippen molar-refractivity contribution in [1.82, 2.24) is 0 Å². The van der Waals surface area contributed by atoms with Crippen LogP contribution in [-0.2, 0) is 10.0 Å². The average molecular weight is 366 g/mol. The first-order chi connectivity index (χ1) is 9.37. The summed E-state index contributed by atoms with van der Waals surface area (Å²) in [5, 5.41) is 10.2. The predicted octanol–water partition coefficient (Wildman–Crippen LogP) is 2.67. The van der Waals surface area contributed by atoms with Crippen LogP contribution < -0.4 is 9.46 Å². The predicted molar refractivity (Wildman–Crippen MR) is 84.1 cm³/mol. The minimum absolute atomic E-state index is 0.348. The largest absolute Gasteiger partial charge is 0.491 e. The third kappa shape index (κ3) is 5.68. The summed E-state index contributed by atoms with van der Waals surface area (Å²) < 4.78 is 30.8. The van der Waals surface area contributed by atoms with E-state index >= 15 is 0 Å². The molecule has 114 valence electrons. The summed E-state index contributed by atoms with van der Waals surface area (Å²) in [4.78, 5) is 0. The van der Waals surface area contributed by atoms with Gasteiger partial charge in [0.15, 0.2) is 0 Å². The van der Waals surface area contributed by atoms with Crippen LogP contribution in [0, 0.1) is 0 Å². The standard InChI is InChI=1S/C13H20BrNO4S/c1-3-4-7-19-13-6-5-10(12(16)9-14)8-11(13)15-20(2,17)18/h5-6,8,12,15-16H,3-4,7,9H2,1-2H3. The molecule has 0 fully saturated rings. The van der Waals surface area contributed by atoms with Gasteiger partial charge in [0.05, 0.1) is 24.7 Å². The van der Waals surface area contributed by atoms with E-state index in [9.17, 15) is 13.5 Å². The molecule has 20 heavy (non-hydrogen) atoms. The summed E-state index contributed by atoms with van der Waals surface area (Å²) in [6, 6.07) is 4.99. The van der Waals surface area contributed by atoms with Gasteiger partial charge in [-0.1, -0.05) is 35.3 Å². The maximum absolute atomic E-state index is 11.4. The Morgan fingerprint density at radius 1 is 1.45 bits per heavy atom. The van der Waals surface area contributed by atoms with E-state index in [1.807, 2.05) is 0 Å². The lowest BCUT2D eigenvalue weighted by Crippen LogP contribution is -2.12. The van der Waals surface area contributed by atoms with Crippen LogP contribution >= 0.6 is 15.9 Å². The van der Waals surface area contributed by atoms with Crippen LogP contribution in [-0.4, -0.2) is 31.7 Å². The van der Waals surface area contributed by atoms with Gasteiger partial charge in [0.25, 0.3) is 0 Å². The Morgan fingerprint density at radius 2 is 2.15 bits per heavy atom. The summed E-state index contributed by atoms with van der Waals surface area (Å²) in [5.74, 6) is 0.467. The van der Waals surface area contributed by atoms with Crippen LogP contribution in [0.2, 0.25) is 0 Å².